The first-order valence-corrected chi connectivity index (χ1v) is 8.19. The maximum absolute atomic E-state index is 12.9. The van der Waals surface area contributed by atoms with Gasteiger partial charge in [0.15, 0.2) is 0 Å². The van der Waals surface area contributed by atoms with Crippen molar-refractivity contribution in [2.75, 3.05) is 6.61 Å². The Labute approximate surface area is 156 Å². The summed E-state index contributed by atoms with van der Waals surface area (Å²) in [6.07, 6.45) is -3.08. The lowest BCUT2D eigenvalue weighted by Gasteiger charge is -2.13. The topological polar surface area (TPSA) is 44.1 Å². The molecule has 0 bridgehead atoms. The van der Waals surface area contributed by atoms with E-state index >= 15 is 0 Å². The first-order valence-electron chi connectivity index (χ1n) is 7.44. The van der Waals surface area contributed by atoms with Crippen molar-refractivity contribution in [1.82, 2.24) is 9.78 Å². The maximum atomic E-state index is 12.9. The molecular weight excluding hydrogens is 392 g/mol. The van der Waals surface area contributed by atoms with Gasteiger partial charge in [-0.3, -0.25) is 0 Å². The van der Waals surface area contributed by atoms with Gasteiger partial charge < -0.3 is 4.74 Å². The minimum Gasteiger partial charge on any atom is -0.462 e. The third-order valence-electron chi connectivity index (χ3n) is 3.64. The van der Waals surface area contributed by atoms with Gasteiger partial charge in [-0.1, -0.05) is 29.3 Å². The number of benzene rings is 2. The Morgan fingerprint density at radius 1 is 1.19 bits per heavy atom. The van der Waals surface area contributed by atoms with Gasteiger partial charge in [0.25, 0.3) is 0 Å². The van der Waals surface area contributed by atoms with E-state index in [0.717, 1.165) is 12.1 Å². The smallest absolute Gasteiger partial charge is 0.416 e. The zero-order chi connectivity index (χ0) is 19.1. The van der Waals surface area contributed by atoms with Crippen LogP contribution in [0.4, 0.5) is 13.2 Å². The van der Waals surface area contributed by atoms with Crippen molar-refractivity contribution in [2.24, 2.45) is 0 Å². The van der Waals surface area contributed by atoms with Crippen LogP contribution < -0.4 is 0 Å². The molecule has 136 valence electrons. The molecule has 0 saturated carbocycles. The average Bonchev–Trinajstić information content (AvgIpc) is 2.96. The molecule has 1 aromatic heterocycles. The number of hydrogen-bond acceptors (Lipinski definition) is 3. The second-order valence-electron chi connectivity index (χ2n) is 5.34. The van der Waals surface area contributed by atoms with E-state index in [1.165, 1.54) is 16.9 Å². The van der Waals surface area contributed by atoms with Crippen molar-refractivity contribution in [2.45, 2.75) is 13.1 Å². The Hall–Kier alpha value is -2.25. The molecule has 0 aliphatic carbocycles. The van der Waals surface area contributed by atoms with E-state index in [1.807, 2.05) is 0 Å². The van der Waals surface area contributed by atoms with E-state index in [-0.39, 0.29) is 27.9 Å². The number of carbonyl (C=O) groups excluding carboxylic acids is 1. The minimum absolute atomic E-state index is 0.0948. The lowest BCUT2D eigenvalue weighted by atomic mass is 10.1. The number of rotatable bonds is 3. The van der Waals surface area contributed by atoms with Gasteiger partial charge in [0.2, 0.25) is 0 Å². The van der Waals surface area contributed by atoms with Gasteiger partial charge in [0, 0.05) is 5.39 Å². The van der Waals surface area contributed by atoms with Crippen LogP contribution in [-0.2, 0) is 10.9 Å². The van der Waals surface area contributed by atoms with Crippen molar-refractivity contribution in [1.29, 1.82) is 0 Å². The molecule has 26 heavy (non-hydrogen) atoms. The van der Waals surface area contributed by atoms with E-state index in [4.69, 9.17) is 27.9 Å². The van der Waals surface area contributed by atoms with Crippen molar-refractivity contribution in [3.63, 3.8) is 0 Å². The SMILES string of the molecule is CCOC(=O)c1ccc2cnn(-c3c(Cl)cc(C(F)(F)F)cc3Cl)c2c1. The number of alkyl halides is 3. The Morgan fingerprint density at radius 3 is 2.42 bits per heavy atom. The second kappa shape index (κ2) is 6.81. The summed E-state index contributed by atoms with van der Waals surface area (Å²) in [5.74, 6) is -0.522. The number of halogens is 5. The number of hydrogen-bond donors (Lipinski definition) is 0. The first-order chi connectivity index (χ1) is 12.2. The van der Waals surface area contributed by atoms with Crippen molar-refractivity contribution in [3.05, 3.63) is 57.7 Å². The fourth-order valence-corrected chi connectivity index (χ4v) is 3.12. The van der Waals surface area contributed by atoms with Crippen LogP contribution >= 0.6 is 23.2 Å². The summed E-state index contributed by atoms with van der Waals surface area (Å²) in [5.41, 5.74) is -0.128. The third kappa shape index (κ3) is 3.37. The highest BCUT2D eigenvalue weighted by Gasteiger charge is 2.32. The van der Waals surface area contributed by atoms with Gasteiger partial charge in [0.1, 0.15) is 5.69 Å². The summed E-state index contributed by atoms with van der Waals surface area (Å²) in [7, 11) is 0. The molecule has 0 radical (unpaired) electrons. The zero-order valence-electron chi connectivity index (χ0n) is 13.3. The first kappa shape index (κ1) is 18.5. The van der Waals surface area contributed by atoms with Crippen LogP contribution in [0.15, 0.2) is 36.5 Å². The molecule has 0 fully saturated rings. The van der Waals surface area contributed by atoms with Crippen LogP contribution in [0.2, 0.25) is 10.0 Å². The number of nitrogens with zero attached hydrogens (tertiary/aromatic N) is 2. The van der Waals surface area contributed by atoms with Gasteiger partial charge >= 0.3 is 12.1 Å². The van der Waals surface area contributed by atoms with Crippen LogP contribution in [0.1, 0.15) is 22.8 Å². The van der Waals surface area contributed by atoms with E-state index in [0.29, 0.717) is 10.9 Å². The normalized spacial score (nSPS) is 11.8. The number of esters is 1. The predicted molar refractivity (Wildman–Crippen MR) is 92.0 cm³/mol. The van der Waals surface area contributed by atoms with Crippen LogP contribution in [0, 0.1) is 0 Å². The molecule has 0 atom stereocenters. The third-order valence-corrected chi connectivity index (χ3v) is 4.21. The average molecular weight is 403 g/mol. The highest BCUT2D eigenvalue weighted by Crippen LogP contribution is 2.38. The van der Waals surface area contributed by atoms with Gasteiger partial charge in [-0.15, -0.1) is 0 Å². The molecule has 0 saturated heterocycles. The largest absolute Gasteiger partial charge is 0.462 e. The fourth-order valence-electron chi connectivity index (χ4n) is 2.47. The van der Waals surface area contributed by atoms with E-state index in [9.17, 15) is 18.0 Å². The standard InChI is InChI=1S/C17H11Cl2F3N2O2/c1-2-26-16(25)9-3-4-10-8-23-24(14(10)5-9)15-12(18)6-11(7-13(15)19)17(20,21)22/h3-8H,2H2,1H3. The zero-order valence-corrected chi connectivity index (χ0v) is 14.8. The summed E-state index contributed by atoms with van der Waals surface area (Å²) < 4.78 is 44.9. The monoisotopic (exact) mass is 402 g/mol. The summed E-state index contributed by atoms with van der Waals surface area (Å²) in [6.45, 7) is 1.90. The fraction of sp³-hybridized carbons (Fsp3) is 0.176. The van der Waals surface area contributed by atoms with Crippen LogP contribution in [0.5, 0.6) is 0 Å². The molecule has 3 aromatic rings. The van der Waals surface area contributed by atoms with E-state index in [1.54, 1.807) is 19.1 Å². The molecule has 2 aromatic carbocycles. The van der Waals surface area contributed by atoms with E-state index in [2.05, 4.69) is 5.10 Å². The Bertz CT molecular complexity index is 976. The number of carbonyl (C=O) groups is 1. The number of aromatic nitrogens is 2. The van der Waals surface area contributed by atoms with Gasteiger partial charge in [-0.25, -0.2) is 9.48 Å². The van der Waals surface area contributed by atoms with Gasteiger partial charge in [-0.2, -0.15) is 18.3 Å². The van der Waals surface area contributed by atoms with Gasteiger partial charge in [-0.05, 0) is 31.2 Å². The second-order valence-corrected chi connectivity index (χ2v) is 6.15. The van der Waals surface area contributed by atoms with Crippen LogP contribution in [0.3, 0.4) is 0 Å². The molecule has 0 unspecified atom stereocenters. The molecule has 4 nitrogen and oxygen atoms in total. The molecule has 3 rings (SSSR count). The molecule has 0 spiro atoms. The summed E-state index contributed by atoms with van der Waals surface area (Å²) in [6, 6.07) is 6.31. The lowest BCUT2D eigenvalue weighted by Crippen LogP contribution is -2.07. The highest BCUT2D eigenvalue weighted by atomic mass is 35.5. The Kier molecular flexibility index (Phi) is 4.86. The molecule has 0 aliphatic heterocycles. The predicted octanol–water partition coefficient (Wildman–Crippen LogP) is 5.53. The quantitative estimate of drug-likeness (QED) is 0.541. The summed E-state index contributed by atoms with van der Waals surface area (Å²) >= 11 is 12.1. The minimum atomic E-state index is -4.57. The summed E-state index contributed by atoms with van der Waals surface area (Å²) in [4.78, 5) is 11.9. The van der Waals surface area contributed by atoms with Crippen LogP contribution in [0.25, 0.3) is 16.6 Å². The molecule has 0 N–H and O–H groups in total. The molecule has 0 amide bonds. The highest BCUT2D eigenvalue weighted by molar-refractivity contribution is 6.38. The molecule has 0 aliphatic rings. The number of ether oxygens (including phenoxy) is 1. The Morgan fingerprint density at radius 2 is 1.85 bits per heavy atom. The lowest BCUT2D eigenvalue weighted by molar-refractivity contribution is -0.137. The van der Waals surface area contributed by atoms with Crippen molar-refractivity contribution >= 4 is 40.1 Å². The Balaban J connectivity index is 2.17. The number of fused-ring (bicyclic) bond motifs is 1. The van der Waals surface area contributed by atoms with Gasteiger partial charge in [0.05, 0.1) is 39.5 Å². The van der Waals surface area contributed by atoms with Crippen molar-refractivity contribution in [3.8, 4) is 5.69 Å². The molecule has 1 heterocycles. The summed E-state index contributed by atoms with van der Waals surface area (Å²) in [5, 5.41) is 4.37. The van der Waals surface area contributed by atoms with E-state index < -0.39 is 17.7 Å². The molecular formula is C17H11Cl2F3N2O2. The van der Waals surface area contributed by atoms with Crippen LogP contribution in [-0.4, -0.2) is 22.4 Å². The molecule has 9 heteroatoms. The van der Waals surface area contributed by atoms with Crippen molar-refractivity contribution < 1.29 is 22.7 Å². The maximum Gasteiger partial charge on any atom is 0.416 e.